The first-order chi connectivity index (χ1) is 32.6. The van der Waals surface area contributed by atoms with Crippen LogP contribution in [-0.4, -0.2) is 16.2 Å². The van der Waals surface area contributed by atoms with Gasteiger partial charge in [-0.15, -0.1) is 11.3 Å². The van der Waals surface area contributed by atoms with E-state index in [0.717, 1.165) is 45.2 Å². The predicted molar refractivity (Wildman–Crippen MR) is 290 cm³/mol. The number of pyridine rings is 1. The SMILES string of the molecule is CC(C)(C)c1cc(N2CN(c3cccc(Oc4ccc5c6ccc7sc8ccccc8c7c6n(-c6cc(C(C)(C)C)ccn6)c5c4)c3)C(c3ccccc3)=C2c2ccccc2)cc(C(C)(C)C)c1. The van der Waals surface area contributed by atoms with Crippen molar-refractivity contribution >= 4 is 76.1 Å². The van der Waals surface area contributed by atoms with Gasteiger partial charge in [-0.25, -0.2) is 4.98 Å². The Hall–Kier alpha value is -7.15. The lowest BCUT2D eigenvalue weighted by Gasteiger charge is -2.30. The van der Waals surface area contributed by atoms with Crippen LogP contribution in [0.3, 0.4) is 0 Å². The van der Waals surface area contributed by atoms with Crippen molar-refractivity contribution in [1.82, 2.24) is 9.55 Å². The topological polar surface area (TPSA) is 33.5 Å². The third kappa shape index (κ3) is 7.71. The second-order valence-corrected chi connectivity index (χ2v) is 22.5. The minimum atomic E-state index is -0.0459. The molecule has 0 saturated carbocycles. The van der Waals surface area contributed by atoms with Gasteiger partial charge in [-0.1, -0.05) is 159 Å². The van der Waals surface area contributed by atoms with Crippen molar-refractivity contribution in [3.63, 3.8) is 0 Å². The molecule has 1 aliphatic rings. The molecule has 338 valence electrons. The van der Waals surface area contributed by atoms with E-state index in [4.69, 9.17) is 9.72 Å². The van der Waals surface area contributed by atoms with Gasteiger partial charge in [-0.05, 0) is 93.6 Å². The minimum Gasteiger partial charge on any atom is -0.457 e. The van der Waals surface area contributed by atoms with Gasteiger partial charge >= 0.3 is 0 Å². The molecule has 0 bridgehead atoms. The van der Waals surface area contributed by atoms with Crippen LogP contribution >= 0.6 is 11.3 Å². The zero-order chi connectivity index (χ0) is 47.1. The number of nitrogens with zero attached hydrogens (tertiary/aromatic N) is 4. The summed E-state index contributed by atoms with van der Waals surface area (Å²) >= 11 is 1.84. The van der Waals surface area contributed by atoms with Crippen molar-refractivity contribution in [3.8, 4) is 17.3 Å². The maximum atomic E-state index is 6.98. The van der Waals surface area contributed by atoms with Crippen LogP contribution in [0.4, 0.5) is 11.4 Å². The van der Waals surface area contributed by atoms with Crippen LogP contribution in [0.1, 0.15) is 90.1 Å². The number of anilines is 2. The van der Waals surface area contributed by atoms with Gasteiger partial charge in [0.1, 0.15) is 24.0 Å². The van der Waals surface area contributed by atoms with Crippen molar-refractivity contribution in [2.75, 3.05) is 16.5 Å². The highest BCUT2D eigenvalue weighted by molar-refractivity contribution is 7.26. The van der Waals surface area contributed by atoms with Gasteiger partial charge in [0.05, 0.1) is 22.4 Å². The number of hydrogen-bond acceptors (Lipinski definition) is 5. The molecule has 0 N–H and O–H groups in total. The fourth-order valence-corrected chi connectivity index (χ4v) is 10.9. The van der Waals surface area contributed by atoms with Crippen LogP contribution in [0.5, 0.6) is 11.5 Å². The molecule has 0 atom stereocenters. The van der Waals surface area contributed by atoms with E-state index in [2.05, 4.69) is 247 Å². The van der Waals surface area contributed by atoms with Crippen LogP contribution in [0.15, 0.2) is 176 Å². The van der Waals surface area contributed by atoms with E-state index in [9.17, 15) is 0 Å². The zero-order valence-corrected chi connectivity index (χ0v) is 41.4. The molecule has 1 aliphatic heterocycles. The van der Waals surface area contributed by atoms with E-state index < -0.39 is 0 Å². The quantitative estimate of drug-likeness (QED) is 0.160. The number of benzene rings is 7. The van der Waals surface area contributed by atoms with Gasteiger partial charge in [-0.2, -0.15) is 0 Å². The van der Waals surface area contributed by atoms with Crippen molar-refractivity contribution in [3.05, 3.63) is 204 Å². The molecule has 0 radical (unpaired) electrons. The Morgan fingerprint density at radius 1 is 0.471 bits per heavy atom. The van der Waals surface area contributed by atoms with Gasteiger partial charge in [-0.3, -0.25) is 4.57 Å². The van der Waals surface area contributed by atoms with Crippen molar-refractivity contribution in [1.29, 1.82) is 0 Å². The summed E-state index contributed by atoms with van der Waals surface area (Å²) in [6.45, 7) is 21.3. The fourth-order valence-electron chi connectivity index (χ4n) is 9.82. The van der Waals surface area contributed by atoms with Crippen molar-refractivity contribution in [2.45, 2.75) is 78.6 Å². The van der Waals surface area contributed by atoms with Gasteiger partial charge < -0.3 is 14.5 Å². The number of hydrogen-bond donors (Lipinski definition) is 0. The molecule has 0 spiro atoms. The van der Waals surface area contributed by atoms with Gasteiger partial charge in [0.15, 0.2) is 0 Å². The van der Waals surface area contributed by atoms with E-state index >= 15 is 0 Å². The van der Waals surface area contributed by atoms with E-state index in [1.54, 1.807) is 0 Å². The molecule has 0 unspecified atom stereocenters. The largest absolute Gasteiger partial charge is 0.457 e. The normalized spacial score (nSPS) is 13.8. The fraction of sp³-hybridized carbons (Fsp3) is 0.210. The highest BCUT2D eigenvalue weighted by Crippen LogP contribution is 2.47. The zero-order valence-electron chi connectivity index (χ0n) is 40.6. The molecule has 3 aromatic heterocycles. The van der Waals surface area contributed by atoms with Crippen molar-refractivity contribution in [2.24, 2.45) is 0 Å². The van der Waals surface area contributed by atoms with Crippen LogP contribution in [0.2, 0.25) is 0 Å². The number of fused-ring (bicyclic) bond motifs is 7. The molecule has 4 heterocycles. The molecule has 11 rings (SSSR count). The molecule has 6 heteroatoms. The monoisotopic (exact) mass is 906 g/mol. The molecule has 7 aromatic carbocycles. The van der Waals surface area contributed by atoms with E-state index in [1.807, 2.05) is 17.5 Å². The van der Waals surface area contributed by atoms with Crippen LogP contribution in [0.25, 0.3) is 59.2 Å². The lowest BCUT2D eigenvalue weighted by atomic mass is 9.80. The molecule has 10 aromatic rings. The Bertz CT molecular complexity index is 3550. The molecule has 0 saturated heterocycles. The lowest BCUT2D eigenvalue weighted by Crippen LogP contribution is -2.28. The smallest absolute Gasteiger partial charge is 0.137 e. The van der Waals surface area contributed by atoms with Crippen LogP contribution in [-0.2, 0) is 16.2 Å². The summed E-state index contributed by atoms with van der Waals surface area (Å²) in [5, 5.41) is 4.88. The number of rotatable bonds is 7. The average molecular weight is 907 g/mol. The summed E-state index contributed by atoms with van der Waals surface area (Å²) in [4.78, 5) is 10.0. The molecule has 68 heavy (non-hydrogen) atoms. The standard InChI is InChI=1S/C62H58N4OS/c1-60(2,3)42-31-32-63-55(36-42)66-52-38-48(27-28-49(52)50-29-30-54-56(59(50)66)51-25-16-17-26-53(51)68-54)67-47-24-18-23-45(37-47)64-39-65(46-34-43(61(4,5)6)33-44(35-46)62(7,8)9)58(41-21-14-11-15-22-41)57(64)40-19-12-10-13-20-40/h10-38H,39H2,1-9H3. The molecule has 0 fully saturated rings. The Balaban J connectivity index is 1.06. The molecule has 0 aliphatic carbocycles. The van der Waals surface area contributed by atoms with Crippen molar-refractivity contribution < 1.29 is 4.74 Å². The third-order valence-electron chi connectivity index (χ3n) is 13.5. The maximum Gasteiger partial charge on any atom is 0.137 e. The van der Waals surface area contributed by atoms with Gasteiger partial charge in [0.25, 0.3) is 0 Å². The molecular formula is C62H58N4OS. The predicted octanol–water partition coefficient (Wildman–Crippen LogP) is 17.0. The first kappa shape index (κ1) is 43.4. The van der Waals surface area contributed by atoms with Crippen LogP contribution < -0.4 is 14.5 Å². The van der Waals surface area contributed by atoms with E-state index in [0.29, 0.717) is 6.67 Å². The Labute approximate surface area is 404 Å². The second-order valence-electron chi connectivity index (χ2n) is 21.4. The Kier molecular flexibility index (Phi) is 10.4. The van der Waals surface area contributed by atoms with Gasteiger partial charge in [0, 0.05) is 71.8 Å². The summed E-state index contributed by atoms with van der Waals surface area (Å²) in [5.74, 6) is 2.42. The molecular weight excluding hydrogens is 849 g/mol. The summed E-state index contributed by atoms with van der Waals surface area (Å²) in [7, 11) is 0. The van der Waals surface area contributed by atoms with E-state index in [-0.39, 0.29) is 16.2 Å². The summed E-state index contributed by atoms with van der Waals surface area (Å²) in [6.07, 6.45) is 1.96. The molecule has 0 amide bonds. The molecule has 5 nitrogen and oxygen atoms in total. The highest BCUT2D eigenvalue weighted by Gasteiger charge is 2.35. The number of aromatic nitrogens is 2. The van der Waals surface area contributed by atoms with Crippen LogP contribution in [0, 0.1) is 0 Å². The Morgan fingerprint density at radius 3 is 1.74 bits per heavy atom. The Morgan fingerprint density at radius 2 is 1.07 bits per heavy atom. The summed E-state index contributed by atoms with van der Waals surface area (Å²) in [5.41, 5.74) is 12.9. The minimum absolute atomic E-state index is 0.0329. The third-order valence-corrected chi connectivity index (χ3v) is 14.7. The maximum absolute atomic E-state index is 6.98. The average Bonchev–Trinajstić information content (AvgIpc) is 4.01. The first-order valence-electron chi connectivity index (χ1n) is 23.8. The van der Waals surface area contributed by atoms with Gasteiger partial charge in [0.2, 0.25) is 0 Å². The summed E-state index contributed by atoms with van der Waals surface area (Å²) in [6, 6.07) is 61.8. The van der Waals surface area contributed by atoms with E-state index in [1.165, 1.54) is 64.7 Å². The second kappa shape index (κ2) is 16.3. The first-order valence-corrected chi connectivity index (χ1v) is 24.6. The highest BCUT2D eigenvalue weighted by atomic mass is 32.1. The summed E-state index contributed by atoms with van der Waals surface area (Å²) < 4.78 is 11.9. The number of thiophene rings is 1. The number of ether oxygens (including phenoxy) is 1. The lowest BCUT2D eigenvalue weighted by molar-refractivity contribution is 0.483.